The third kappa shape index (κ3) is 4.92. The average molecular weight is 495 g/mol. The smallest absolute Gasteiger partial charge is 0.291 e. The fourth-order valence-electron chi connectivity index (χ4n) is 3.10. The molecule has 4 rings (SSSR count). The van der Waals surface area contributed by atoms with Crippen molar-refractivity contribution >= 4 is 39.1 Å². The van der Waals surface area contributed by atoms with Gasteiger partial charge in [-0.2, -0.15) is 4.68 Å². The van der Waals surface area contributed by atoms with Crippen LogP contribution in [0.15, 0.2) is 63.7 Å². The van der Waals surface area contributed by atoms with Crippen LogP contribution in [0.2, 0.25) is 0 Å². The maximum absolute atomic E-state index is 12.5. The SMILES string of the molecule is Cc1ccc(NC(=O)Cc2ccc(NC(=O)c3ccc(Br)o3)cc2)cc1-n1nnnc1C. The maximum atomic E-state index is 12.5. The highest BCUT2D eigenvalue weighted by atomic mass is 79.9. The van der Waals surface area contributed by atoms with Gasteiger partial charge in [0, 0.05) is 11.4 Å². The van der Waals surface area contributed by atoms with Gasteiger partial charge in [-0.05, 0) is 87.7 Å². The number of furan rings is 1. The molecule has 4 aromatic rings. The van der Waals surface area contributed by atoms with Gasteiger partial charge in [-0.15, -0.1) is 5.10 Å². The number of anilines is 2. The molecule has 9 nitrogen and oxygen atoms in total. The Hall–Kier alpha value is -3.79. The molecule has 0 atom stereocenters. The lowest BCUT2D eigenvalue weighted by Gasteiger charge is -2.11. The summed E-state index contributed by atoms with van der Waals surface area (Å²) in [5, 5.41) is 17.2. The summed E-state index contributed by atoms with van der Waals surface area (Å²) in [6, 6.07) is 15.9. The molecule has 0 spiro atoms. The number of nitrogens with zero attached hydrogens (tertiary/aromatic N) is 4. The standard InChI is InChI=1S/C22H19BrN6O3/c1-13-3-6-17(12-18(13)29-14(2)26-27-28-29)24-21(30)11-15-4-7-16(8-5-15)25-22(31)19-9-10-20(23)32-19/h3-10,12H,11H2,1-2H3,(H,24,30)(H,25,31). The van der Waals surface area contributed by atoms with Crippen LogP contribution in [-0.4, -0.2) is 32.0 Å². The molecule has 0 aliphatic carbocycles. The van der Waals surface area contributed by atoms with Crippen molar-refractivity contribution in [2.24, 2.45) is 0 Å². The summed E-state index contributed by atoms with van der Waals surface area (Å²) in [7, 11) is 0. The molecule has 2 aromatic heterocycles. The van der Waals surface area contributed by atoms with E-state index in [0.29, 0.717) is 21.9 Å². The van der Waals surface area contributed by atoms with Crippen molar-refractivity contribution in [2.45, 2.75) is 20.3 Å². The largest absolute Gasteiger partial charge is 0.444 e. The predicted molar refractivity (Wildman–Crippen MR) is 122 cm³/mol. The maximum Gasteiger partial charge on any atom is 0.291 e. The zero-order chi connectivity index (χ0) is 22.7. The minimum atomic E-state index is -0.353. The molecule has 0 unspecified atom stereocenters. The van der Waals surface area contributed by atoms with Crippen molar-refractivity contribution < 1.29 is 14.0 Å². The van der Waals surface area contributed by atoms with E-state index in [1.165, 1.54) is 0 Å². The van der Waals surface area contributed by atoms with E-state index in [-0.39, 0.29) is 24.0 Å². The molecule has 2 aromatic carbocycles. The second-order valence-electron chi connectivity index (χ2n) is 7.12. The van der Waals surface area contributed by atoms with Crippen molar-refractivity contribution in [2.75, 3.05) is 10.6 Å². The van der Waals surface area contributed by atoms with Gasteiger partial charge in [0.25, 0.3) is 5.91 Å². The number of hydrogen-bond donors (Lipinski definition) is 2. The Balaban J connectivity index is 1.38. The zero-order valence-electron chi connectivity index (χ0n) is 17.3. The summed E-state index contributed by atoms with van der Waals surface area (Å²) in [4.78, 5) is 24.7. The van der Waals surface area contributed by atoms with Gasteiger partial charge in [-0.3, -0.25) is 9.59 Å². The van der Waals surface area contributed by atoms with Gasteiger partial charge in [-0.1, -0.05) is 18.2 Å². The minimum absolute atomic E-state index is 0.162. The van der Waals surface area contributed by atoms with Gasteiger partial charge >= 0.3 is 0 Å². The molecule has 32 heavy (non-hydrogen) atoms. The minimum Gasteiger partial charge on any atom is -0.444 e. The van der Waals surface area contributed by atoms with Gasteiger partial charge in [0.2, 0.25) is 5.91 Å². The van der Waals surface area contributed by atoms with Crippen LogP contribution in [0.1, 0.15) is 27.5 Å². The Labute approximate surface area is 191 Å². The molecule has 0 aliphatic rings. The number of nitrogens with one attached hydrogen (secondary N) is 2. The van der Waals surface area contributed by atoms with E-state index < -0.39 is 0 Å². The lowest BCUT2D eigenvalue weighted by Crippen LogP contribution is -2.15. The first kappa shape index (κ1) is 21.4. The van der Waals surface area contributed by atoms with Crippen LogP contribution >= 0.6 is 15.9 Å². The first-order valence-corrected chi connectivity index (χ1v) is 10.5. The van der Waals surface area contributed by atoms with Crippen LogP contribution in [0.5, 0.6) is 0 Å². The first-order valence-electron chi connectivity index (χ1n) is 9.70. The van der Waals surface area contributed by atoms with Gasteiger partial charge in [-0.25, -0.2) is 0 Å². The highest BCUT2D eigenvalue weighted by Gasteiger charge is 2.12. The van der Waals surface area contributed by atoms with Gasteiger partial charge in [0.15, 0.2) is 16.3 Å². The molecule has 10 heteroatoms. The first-order chi connectivity index (χ1) is 15.4. The molecule has 0 saturated carbocycles. The second-order valence-corrected chi connectivity index (χ2v) is 7.90. The molecular formula is C22H19BrN6O3. The van der Waals surface area contributed by atoms with Crippen molar-refractivity contribution in [3.05, 3.63) is 82.0 Å². The van der Waals surface area contributed by atoms with Crippen LogP contribution in [0.25, 0.3) is 5.69 Å². The zero-order valence-corrected chi connectivity index (χ0v) is 18.9. The Bertz CT molecular complexity index is 1280. The van der Waals surface area contributed by atoms with Crippen LogP contribution in [0.3, 0.4) is 0 Å². The van der Waals surface area contributed by atoms with E-state index in [4.69, 9.17) is 4.42 Å². The molecule has 0 saturated heterocycles. The summed E-state index contributed by atoms with van der Waals surface area (Å²) in [6.45, 7) is 3.76. The fourth-order valence-corrected chi connectivity index (χ4v) is 3.40. The van der Waals surface area contributed by atoms with Crippen LogP contribution in [-0.2, 0) is 11.2 Å². The molecule has 0 bridgehead atoms. The molecule has 0 fully saturated rings. The quantitative estimate of drug-likeness (QED) is 0.417. The molecule has 2 amide bonds. The normalized spacial score (nSPS) is 10.7. The van der Waals surface area contributed by atoms with Gasteiger partial charge in [0.1, 0.15) is 0 Å². The highest BCUT2D eigenvalue weighted by Crippen LogP contribution is 2.20. The fraction of sp³-hybridized carbons (Fsp3) is 0.136. The van der Waals surface area contributed by atoms with E-state index >= 15 is 0 Å². The molecule has 0 radical (unpaired) electrons. The number of benzene rings is 2. The monoisotopic (exact) mass is 494 g/mol. The lowest BCUT2D eigenvalue weighted by atomic mass is 10.1. The Morgan fingerprint density at radius 3 is 2.41 bits per heavy atom. The number of aromatic nitrogens is 4. The summed E-state index contributed by atoms with van der Waals surface area (Å²) >= 11 is 3.17. The number of hydrogen-bond acceptors (Lipinski definition) is 6. The third-order valence-electron chi connectivity index (χ3n) is 4.72. The molecular weight excluding hydrogens is 476 g/mol. The van der Waals surface area contributed by atoms with Crippen molar-refractivity contribution in [3.63, 3.8) is 0 Å². The molecule has 162 valence electrons. The summed E-state index contributed by atoms with van der Waals surface area (Å²) in [5.41, 5.74) is 3.85. The lowest BCUT2D eigenvalue weighted by molar-refractivity contribution is -0.115. The van der Waals surface area contributed by atoms with E-state index in [9.17, 15) is 9.59 Å². The van der Waals surface area contributed by atoms with E-state index in [0.717, 1.165) is 16.8 Å². The number of amides is 2. The second kappa shape index (κ2) is 9.15. The van der Waals surface area contributed by atoms with E-state index in [2.05, 4.69) is 42.1 Å². The number of aryl methyl sites for hydroxylation is 2. The summed E-state index contributed by atoms with van der Waals surface area (Å²) < 4.78 is 7.34. The Morgan fingerprint density at radius 2 is 1.75 bits per heavy atom. The molecule has 0 aliphatic heterocycles. The van der Waals surface area contributed by atoms with E-state index in [1.807, 2.05) is 32.0 Å². The van der Waals surface area contributed by atoms with Crippen molar-refractivity contribution in [3.8, 4) is 5.69 Å². The number of carbonyl (C=O) groups is 2. The number of carbonyl (C=O) groups excluding carboxylic acids is 2. The van der Waals surface area contributed by atoms with Crippen LogP contribution in [0.4, 0.5) is 11.4 Å². The topological polar surface area (TPSA) is 115 Å². The van der Waals surface area contributed by atoms with Crippen LogP contribution in [0, 0.1) is 13.8 Å². The Morgan fingerprint density at radius 1 is 1.00 bits per heavy atom. The average Bonchev–Trinajstić information content (AvgIpc) is 3.39. The summed E-state index contributed by atoms with van der Waals surface area (Å²) in [6.07, 6.45) is 0.187. The van der Waals surface area contributed by atoms with Gasteiger partial charge < -0.3 is 15.1 Å². The highest BCUT2D eigenvalue weighted by molar-refractivity contribution is 9.10. The Kier molecular flexibility index (Phi) is 6.13. The van der Waals surface area contributed by atoms with Crippen molar-refractivity contribution in [1.29, 1.82) is 0 Å². The van der Waals surface area contributed by atoms with Crippen molar-refractivity contribution in [1.82, 2.24) is 20.2 Å². The summed E-state index contributed by atoms with van der Waals surface area (Å²) in [5.74, 6) is 0.345. The molecule has 2 N–H and O–H groups in total. The van der Waals surface area contributed by atoms with E-state index in [1.54, 1.807) is 41.1 Å². The molecule has 2 heterocycles. The third-order valence-corrected chi connectivity index (χ3v) is 5.15. The number of rotatable bonds is 6. The predicted octanol–water partition coefficient (Wildman–Crippen LogP) is 4.07. The van der Waals surface area contributed by atoms with Crippen LogP contribution < -0.4 is 10.6 Å². The number of halogens is 1. The number of tetrazole rings is 1. The van der Waals surface area contributed by atoms with Gasteiger partial charge in [0.05, 0.1) is 12.1 Å².